The molecule has 0 bridgehead atoms. The maximum absolute atomic E-state index is 12.5. The quantitative estimate of drug-likeness (QED) is 0.750. The van der Waals surface area contributed by atoms with E-state index in [4.69, 9.17) is 0 Å². The topological polar surface area (TPSA) is 32.3 Å². The van der Waals surface area contributed by atoms with Gasteiger partial charge in [-0.3, -0.25) is 4.79 Å². The molecular weight excluding hydrogens is 212 g/mol. The molecule has 4 atom stereocenters. The molecule has 1 heterocycles. The van der Waals surface area contributed by atoms with Crippen LogP contribution in [0.1, 0.15) is 39.5 Å². The highest BCUT2D eigenvalue weighted by Crippen LogP contribution is 2.56. The number of hydrogen-bond donors (Lipinski definition) is 1. The van der Waals surface area contributed by atoms with Crippen molar-refractivity contribution in [3.8, 4) is 0 Å². The van der Waals surface area contributed by atoms with Gasteiger partial charge in [-0.15, -0.1) is 0 Å². The van der Waals surface area contributed by atoms with Crippen molar-refractivity contribution in [1.29, 1.82) is 0 Å². The predicted molar refractivity (Wildman–Crippen MR) is 67.6 cm³/mol. The molecule has 3 fully saturated rings. The van der Waals surface area contributed by atoms with Crippen molar-refractivity contribution < 1.29 is 4.79 Å². The van der Waals surface area contributed by atoms with Crippen LogP contribution < -0.4 is 5.32 Å². The lowest BCUT2D eigenvalue weighted by atomic mass is 10.0. The van der Waals surface area contributed by atoms with Crippen LogP contribution >= 0.6 is 0 Å². The van der Waals surface area contributed by atoms with Crippen molar-refractivity contribution in [2.45, 2.75) is 51.6 Å². The van der Waals surface area contributed by atoms with Gasteiger partial charge in [0.2, 0.25) is 5.91 Å². The molecule has 3 aliphatic rings. The third kappa shape index (κ3) is 2.10. The van der Waals surface area contributed by atoms with Gasteiger partial charge in [0.25, 0.3) is 0 Å². The molecule has 17 heavy (non-hydrogen) atoms. The maximum Gasteiger partial charge on any atom is 0.226 e. The molecule has 4 unspecified atom stereocenters. The Morgan fingerprint density at radius 3 is 2.12 bits per heavy atom. The first-order chi connectivity index (χ1) is 8.16. The van der Waals surface area contributed by atoms with Crippen LogP contribution in [0.25, 0.3) is 0 Å². The molecule has 3 nitrogen and oxygen atoms in total. The van der Waals surface area contributed by atoms with E-state index in [1.807, 2.05) is 0 Å². The van der Waals surface area contributed by atoms with E-state index in [1.54, 1.807) is 0 Å². The number of amides is 1. The van der Waals surface area contributed by atoms with E-state index in [0.29, 0.717) is 23.9 Å². The first-order valence-electron chi connectivity index (χ1n) is 7.21. The highest BCUT2D eigenvalue weighted by atomic mass is 16.2. The van der Waals surface area contributed by atoms with Gasteiger partial charge in [-0.2, -0.15) is 0 Å². The lowest BCUT2D eigenvalue weighted by molar-refractivity contribution is -0.135. The van der Waals surface area contributed by atoms with Gasteiger partial charge in [-0.25, -0.2) is 0 Å². The van der Waals surface area contributed by atoms with Crippen LogP contribution in [-0.2, 0) is 4.79 Å². The van der Waals surface area contributed by atoms with Crippen molar-refractivity contribution in [2.24, 2.45) is 17.8 Å². The summed E-state index contributed by atoms with van der Waals surface area (Å²) in [5, 5.41) is 3.49. The molecule has 0 radical (unpaired) electrons. The number of carbonyl (C=O) groups is 1. The third-order valence-corrected chi connectivity index (χ3v) is 4.81. The summed E-state index contributed by atoms with van der Waals surface area (Å²) in [4.78, 5) is 14.6. The number of carbonyl (C=O) groups excluding carboxylic acids is 1. The smallest absolute Gasteiger partial charge is 0.226 e. The molecule has 1 saturated heterocycles. The summed E-state index contributed by atoms with van der Waals surface area (Å²) in [7, 11) is 0. The van der Waals surface area contributed by atoms with Crippen LogP contribution in [0.3, 0.4) is 0 Å². The molecule has 1 N–H and O–H groups in total. The normalized spacial score (nSPS) is 45.3. The lowest BCUT2D eigenvalue weighted by Gasteiger charge is -2.36. The Morgan fingerprint density at radius 1 is 1.06 bits per heavy atom. The Morgan fingerprint density at radius 2 is 1.59 bits per heavy atom. The van der Waals surface area contributed by atoms with E-state index < -0.39 is 0 Å². The molecule has 1 aliphatic heterocycles. The second kappa shape index (κ2) is 4.27. The highest BCUT2D eigenvalue weighted by molar-refractivity contribution is 5.82. The molecule has 3 rings (SSSR count). The standard InChI is InChI=1S/C14H24N2O/c1-9-7-16(8-10(2)15-9)14(17)13-11-5-3-4-6-12(11)13/h9-13,15H,3-8H2,1-2H3. The monoisotopic (exact) mass is 236 g/mol. The van der Waals surface area contributed by atoms with E-state index in [2.05, 4.69) is 24.1 Å². The summed E-state index contributed by atoms with van der Waals surface area (Å²) in [5.74, 6) is 2.35. The van der Waals surface area contributed by atoms with E-state index in [9.17, 15) is 4.79 Å². The first-order valence-corrected chi connectivity index (χ1v) is 7.21. The number of nitrogens with zero attached hydrogens (tertiary/aromatic N) is 1. The number of rotatable bonds is 1. The molecule has 2 aliphatic carbocycles. The fourth-order valence-corrected chi connectivity index (χ4v) is 4.08. The molecule has 0 aromatic carbocycles. The number of hydrogen-bond acceptors (Lipinski definition) is 2. The van der Waals surface area contributed by atoms with Gasteiger partial charge >= 0.3 is 0 Å². The van der Waals surface area contributed by atoms with Gasteiger partial charge in [0, 0.05) is 31.1 Å². The van der Waals surface area contributed by atoms with Crippen LogP contribution in [0, 0.1) is 17.8 Å². The zero-order chi connectivity index (χ0) is 12.0. The summed E-state index contributed by atoms with van der Waals surface area (Å²) >= 11 is 0. The maximum atomic E-state index is 12.5. The van der Waals surface area contributed by atoms with Crippen molar-refractivity contribution >= 4 is 5.91 Å². The Balaban J connectivity index is 1.62. The molecule has 0 aromatic rings. The molecule has 0 aromatic heterocycles. The minimum absolute atomic E-state index is 0.398. The second-order valence-corrected chi connectivity index (χ2v) is 6.35. The van der Waals surface area contributed by atoms with Crippen LogP contribution in [0.2, 0.25) is 0 Å². The van der Waals surface area contributed by atoms with Crippen molar-refractivity contribution in [3.63, 3.8) is 0 Å². The predicted octanol–water partition coefficient (Wildman–Crippen LogP) is 1.63. The summed E-state index contributed by atoms with van der Waals surface area (Å²) in [6.45, 7) is 6.16. The van der Waals surface area contributed by atoms with E-state index >= 15 is 0 Å². The van der Waals surface area contributed by atoms with Crippen LogP contribution in [0.5, 0.6) is 0 Å². The first kappa shape index (κ1) is 11.5. The van der Waals surface area contributed by atoms with Crippen LogP contribution in [-0.4, -0.2) is 36.0 Å². The van der Waals surface area contributed by atoms with Gasteiger partial charge < -0.3 is 10.2 Å². The van der Waals surface area contributed by atoms with Crippen molar-refractivity contribution in [3.05, 3.63) is 0 Å². The average Bonchev–Trinajstić information content (AvgIpc) is 3.00. The van der Waals surface area contributed by atoms with E-state index in [0.717, 1.165) is 24.9 Å². The van der Waals surface area contributed by atoms with Gasteiger partial charge in [0.15, 0.2) is 0 Å². The summed E-state index contributed by atoms with van der Waals surface area (Å²) in [5.41, 5.74) is 0. The fraction of sp³-hybridized carbons (Fsp3) is 0.929. The molecular formula is C14H24N2O. The Hall–Kier alpha value is -0.570. The van der Waals surface area contributed by atoms with Crippen molar-refractivity contribution in [1.82, 2.24) is 10.2 Å². The molecule has 0 spiro atoms. The number of nitrogens with one attached hydrogen (secondary N) is 1. The van der Waals surface area contributed by atoms with Gasteiger partial charge in [-0.1, -0.05) is 12.8 Å². The van der Waals surface area contributed by atoms with E-state index in [-0.39, 0.29) is 0 Å². The minimum Gasteiger partial charge on any atom is -0.339 e. The molecule has 1 amide bonds. The zero-order valence-electron chi connectivity index (χ0n) is 11.0. The van der Waals surface area contributed by atoms with Crippen LogP contribution in [0.15, 0.2) is 0 Å². The highest BCUT2D eigenvalue weighted by Gasteiger charge is 2.56. The zero-order valence-corrected chi connectivity index (χ0v) is 11.0. The number of fused-ring (bicyclic) bond motifs is 1. The SMILES string of the molecule is CC1CN(C(=O)C2C3CCCCC32)CC(C)N1. The van der Waals surface area contributed by atoms with E-state index in [1.165, 1.54) is 25.7 Å². The van der Waals surface area contributed by atoms with Crippen LogP contribution in [0.4, 0.5) is 0 Å². The Kier molecular flexibility index (Phi) is 2.89. The van der Waals surface area contributed by atoms with Gasteiger partial charge in [0.1, 0.15) is 0 Å². The van der Waals surface area contributed by atoms with Crippen molar-refractivity contribution in [2.75, 3.05) is 13.1 Å². The molecule has 96 valence electrons. The molecule has 3 heteroatoms. The minimum atomic E-state index is 0.398. The average molecular weight is 236 g/mol. The number of piperazine rings is 1. The fourth-order valence-electron chi connectivity index (χ4n) is 4.08. The Bertz CT molecular complexity index is 295. The Labute approximate surface area is 104 Å². The largest absolute Gasteiger partial charge is 0.339 e. The third-order valence-electron chi connectivity index (χ3n) is 4.81. The van der Waals surface area contributed by atoms with Gasteiger partial charge in [0.05, 0.1) is 0 Å². The lowest BCUT2D eigenvalue weighted by Crippen LogP contribution is -2.56. The second-order valence-electron chi connectivity index (χ2n) is 6.35. The van der Waals surface area contributed by atoms with Gasteiger partial charge in [-0.05, 0) is 38.5 Å². The summed E-state index contributed by atoms with van der Waals surface area (Å²) < 4.78 is 0. The summed E-state index contributed by atoms with van der Waals surface area (Å²) in [6, 6.07) is 0.895. The molecule has 2 saturated carbocycles. The summed E-state index contributed by atoms with van der Waals surface area (Å²) in [6.07, 6.45) is 5.30.